The Balaban J connectivity index is 1.57. The molecule has 0 aromatic heterocycles. The Morgan fingerprint density at radius 2 is 1.77 bits per heavy atom. The van der Waals surface area contributed by atoms with Crippen LogP contribution in [0, 0.1) is 6.92 Å². The number of carbonyl (C=O) groups is 1. The number of carbonyl (C=O) groups excluding carboxylic acids is 1. The van der Waals surface area contributed by atoms with Crippen molar-refractivity contribution in [1.82, 2.24) is 10.6 Å². The van der Waals surface area contributed by atoms with E-state index in [1.165, 1.54) is 11.1 Å². The molecule has 0 bridgehead atoms. The van der Waals surface area contributed by atoms with Gasteiger partial charge in [-0.25, -0.2) is 4.79 Å². The van der Waals surface area contributed by atoms with E-state index in [4.69, 9.17) is 9.47 Å². The average Bonchev–Trinajstić information content (AvgIpc) is 3.46. The molecule has 0 heterocycles. The molecule has 0 atom stereocenters. The van der Waals surface area contributed by atoms with Crippen LogP contribution in [0.5, 0.6) is 11.5 Å². The van der Waals surface area contributed by atoms with Gasteiger partial charge in [-0.1, -0.05) is 30.3 Å². The van der Waals surface area contributed by atoms with Gasteiger partial charge in [0.2, 0.25) is 0 Å². The maximum atomic E-state index is 12.2. The second kappa shape index (κ2) is 7.68. The minimum absolute atomic E-state index is 0.000441. The number of rotatable bonds is 7. The number of ether oxygens (including phenoxy) is 2. The van der Waals surface area contributed by atoms with Gasteiger partial charge in [0.1, 0.15) is 0 Å². The van der Waals surface area contributed by atoms with Crippen LogP contribution >= 0.6 is 0 Å². The zero-order valence-corrected chi connectivity index (χ0v) is 15.6. The molecule has 2 aromatic carbocycles. The van der Waals surface area contributed by atoms with Crippen LogP contribution in [-0.4, -0.2) is 26.8 Å². The first-order valence-corrected chi connectivity index (χ1v) is 8.87. The van der Waals surface area contributed by atoms with Crippen LogP contribution in [0.25, 0.3) is 0 Å². The molecule has 3 rings (SSSR count). The lowest BCUT2D eigenvalue weighted by Crippen LogP contribution is -2.39. The standard InChI is InChI=1S/C21H26N2O3/c1-15-6-4-5-7-16(15)13-22-20(24)23-14-21(10-11-21)17-8-9-18(25-2)19(12-17)26-3/h4-9,12H,10-11,13-14H2,1-3H3,(H2,22,23,24). The third kappa shape index (κ3) is 3.93. The molecule has 26 heavy (non-hydrogen) atoms. The van der Waals surface area contributed by atoms with Crippen LogP contribution < -0.4 is 20.1 Å². The molecule has 0 unspecified atom stereocenters. The van der Waals surface area contributed by atoms with Gasteiger partial charge >= 0.3 is 6.03 Å². The fraction of sp³-hybridized carbons (Fsp3) is 0.381. The molecule has 1 aliphatic rings. The number of urea groups is 1. The molecular formula is C21H26N2O3. The second-order valence-corrected chi connectivity index (χ2v) is 6.81. The summed E-state index contributed by atoms with van der Waals surface area (Å²) in [5.74, 6) is 1.44. The molecule has 5 heteroatoms. The highest BCUT2D eigenvalue weighted by atomic mass is 16.5. The molecule has 1 aliphatic carbocycles. The van der Waals surface area contributed by atoms with Gasteiger partial charge in [0.05, 0.1) is 14.2 Å². The van der Waals surface area contributed by atoms with E-state index in [0.29, 0.717) is 13.1 Å². The van der Waals surface area contributed by atoms with Gasteiger partial charge in [-0.15, -0.1) is 0 Å². The molecule has 0 spiro atoms. The summed E-state index contributed by atoms with van der Waals surface area (Å²) >= 11 is 0. The Bertz CT molecular complexity index is 785. The first-order valence-electron chi connectivity index (χ1n) is 8.87. The van der Waals surface area contributed by atoms with Crippen molar-refractivity contribution >= 4 is 6.03 Å². The summed E-state index contributed by atoms with van der Waals surface area (Å²) in [6.45, 7) is 3.19. The van der Waals surface area contributed by atoms with Crippen molar-refractivity contribution in [3.8, 4) is 11.5 Å². The predicted octanol–water partition coefficient (Wildman–Crippen LogP) is 3.54. The van der Waals surface area contributed by atoms with E-state index < -0.39 is 0 Å². The van der Waals surface area contributed by atoms with Crippen molar-refractivity contribution in [2.75, 3.05) is 20.8 Å². The van der Waals surface area contributed by atoms with Crippen LogP contribution in [0.2, 0.25) is 0 Å². The minimum atomic E-state index is -0.139. The largest absolute Gasteiger partial charge is 0.493 e. The highest BCUT2D eigenvalue weighted by molar-refractivity contribution is 5.74. The van der Waals surface area contributed by atoms with Crippen LogP contribution in [0.4, 0.5) is 4.79 Å². The first kappa shape index (κ1) is 18.1. The van der Waals surface area contributed by atoms with Crippen molar-refractivity contribution in [2.24, 2.45) is 0 Å². The molecule has 2 N–H and O–H groups in total. The molecule has 0 aliphatic heterocycles. The Hall–Kier alpha value is -2.69. The smallest absolute Gasteiger partial charge is 0.315 e. The van der Waals surface area contributed by atoms with Crippen LogP contribution in [0.1, 0.15) is 29.5 Å². The number of benzene rings is 2. The molecule has 2 amide bonds. The maximum Gasteiger partial charge on any atom is 0.315 e. The molecule has 5 nitrogen and oxygen atoms in total. The lowest BCUT2D eigenvalue weighted by molar-refractivity contribution is 0.239. The van der Waals surface area contributed by atoms with Gasteiger partial charge in [0, 0.05) is 18.5 Å². The molecular weight excluding hydrogens is 328 g/mol. The monoisotopic (exact) mass is 354 g/mol. The fourth-order valence-corrected chi connectivity index (χ4v) is 3.18. The quantitative estimate of drug-likeness (QED) is 0.799. The van der Waals surface area contributed by atoms with E-state index in [-0.39, 0.29) is 11.4 Å². The highest BCUT2D eigenvalue weighted by Crippen LogP contribution is 2.49. The highest BCUT2D eigenvalue weighted by Gasteiger charge is 2.44. The molecule has 1 fully saturated rings. The van der Waals surface area contributed by atoms with E-state index in [0.717, 1.165) is 29.9 Å². The molecule has 0 radical (unpaired) electrons. The Kier molecular flexibility index (Phi) is 5.35. The van der Waals surface area contributed by atoms with Gasteiger partial charge in [0.25, 0.3) is 0 Å². The summed E-state index contributed by atoms with van der Waals surface area (Å²) in [4.78, 5) is 12.2. The van der Waals surface area contributed by atoms with Gasteiger partial charge in [-0.3, -0.25) is 0 Å². The number of hydrogen-bond acceptors (Lipinski definition) is 3. The number of nitrogens with one attached hydrogen (secondary N) is 2. The SMILES string of the molecule is COc1ccc(C2(CNC(=O)NCc3ccccc3C)CC2)cc1OC. The van der Waals surface area contributed by atoms with Crippen molar-refractivity contribution < 1.29 is 14.3 Å². The zero-order valence-electron chi connectivity index (χ0n) is 15.6. The Morgan fingerprint density at radius 1 is 1.04 bits per heavy atom. The molecule has 138 valence electrons. The number of hydrogen-bond donors (Lipinski definition) is 2. The third-order valence-electron chi connectivity index (χ3n) is 5.14. The third-order valence-corrected chi connectivity index (χ3v) is 5.14. The minimum Gasteiger partial charge on any atom is -0.493 e. The van der Waals surface area contributed by atoms with Crippen LogP contribution in [-0.2, 0) is 12.0 Å². The number of aryl methyl sites for hydroxylation is 1. The zero-order chi connectivity index (χ0) is 18.6. The van der Waals surface area contributed by atoms with E-state index in [1.807, 2.05) is 43.3 Å². The summed E-state index contributed by atoms with van der Waals surface area (Å²) in [6, 6.07) is 13.9. The molecule has 1 saturated carbocycles. The predicted molar refractivity (Wildman–Crippen MR) is 102 cm³/mol. The summed E-state index contributed by atoms with van der Waals surface area (Å²) in [6.07, 6.45) is 2.11. The Labute approximate surface area is 154 Å². The van der Waals surface area contributed by atoms with E-state index in [1.54, 1.807) is 14.2 Å². The van der Waals surface area contributed by atoms with Crippen LogP contribution in [0.3, 0.4) is 0 Å². The van der Waals surface area contributed by atoms with Gasteiger partial charge in [-0.2, -0.15) is 0 Å². The van der Waals surface area contributed by atoms with Crippen molar-refractivity contribution in [2.45, 2.75) is 31.7 Å². The summed E-state index contributed by atoms with van der Waals surface area (Å²) < 4.78 is 10.7. The van der Waals surface area contributed by atoms with Crippen molar-refractivity contribution in [1.29, 1.82) is 0 Å². The summed E-state index contributed by atoms with van der Waals surface area (Å²) in [7, 11) is 3.27. The van der Waals surface area contributed by atoms with E-state index in [9.17, 15) is 4.79 Å². The lowest BCUT2D eigenvalue weighted by atomic mass is 9.95. The number of amides is 2. The second-order valence-electron chi connectivity index (χ2n) is 6.81. The fourth-order valence-electron chi connectivity index (χ4n) is 3.18. The topological polar surface area (TPSA) is 59.6 Å². The van der Waals surface area contributed by atoms with Gasteiger partial charge in [-0.05, 0) is 48.6 Å². The summed E-state index contributed by atoms with van der Waals surface area (Å²) in [5, 5.41) is 5.96. The summed E-state index contributed by atoms with van der Waals surface area (Å²) in [5.41, 5.74) is 3.48. The first-order chi connectivity index (χ1) is 12.6. The van der Waals surface area contributed by atoms with E-state index in [2.05, 4.69) is 16.7 Å². The van der Waals surface area contributed by atoms with Crippen LogP contribution in [0.15, 0.2) is 42.5 Å². The maximum absolute atomic E-state index is 12.2. The lowest BCUT2D eigenvalue weighted by Gasteiger charge is -2.19. The molecule has 0 saturated heterocycles. The van der Waals surface area contributed by atoms with Gasteiger partial charge < -0.3 is 20.1 Å². The Morgan fingerprint density at radius 3 is 2.42 bits per heavy atom. The molecule has 2 aromatic rings. The van der Waals surface area contributed by atoms with E-state index >= 15 is 0 Å². The number of methoxy groups -OCH3 is 2. The van der Waals surface area contributed by atoms with Crippen molar-refractivity contribution in [3.05, 3.63) is 59.2 Å². The normalized spacial score (nSPS) is 14.4. The average molecular weight is 354 g/mol. The van der Waals surface area contributed by atoms with Crippen molar-refractivity contribution in [3.63, 3.8) is 0 Å². The van der Waals surface area contributed by atoms with Gasteiger partial charge in [0.15, 0.2) is 11.5 Å².